The van der Waals surface area contributed by atoms with Gasteiger partial charge in [-0.2, -0.15) is 0 Å². The minimum absolute atomic E-state index is 0.112. The van der Waals surface area contributed by atoms with Crippen molar-refractivity contribution in [2.45, 2.75) is 45.0 Å². The van der Waals surface area contributed by atoms with Crippen LogP contribution in [0.2, 0.25) is 0 Å². The molecule has 1 fully saturated rings. The summed E-state index contributed by atoms with van der Waals surface area (Å²) in [5, 5.41) is 0. The van der Waals surface area contributed by atoms with Gasteiger partial charge in [0.1, 0.15) is 35.0 Å². The molecular formula is C31H31F3N4O3. The fourth-order valence-electron chi connectivity index (χ4n) is 5.24. The Morgan fingerprint density at radius 3 is 2.15 bits per heavy atom. The molecule has 2 heterocycles. The lowest BCUT2D eigenvalue weighted by Gasteiger charge is -2.35. The smallest absolute Gasteiger partial charge is 0.331 e. The Balaban J connectivity index is 1.49. The van der Waals surface area contributed by atoms with Crippen LogP contribution in [0.25, 0.3) is 0 Å². The molecule has 0 radical (unpaired) electrons. The number of hydrogen-bond donors (Lipinski definition) is 1. The highest BCUT2D eigenvalue weighted by atomic mass is 19.1. The van der Waals surface area contributed by atoms with E-state index in [2.05, 4.69) is 0 Å². The van der Waals surface area contributed by atoms with Gasteiger partial charge >= 0.3 is 5.69 Å². The van der Waals surface area contributed by atoms with Gasteiger partial charge in [0.2, 0.25) is 0 Å². The predicted octanol–water partition coefficient (Wildman–Crippen LogP) is 4.53. The quantitative estimate of drug-likeness (QED) is 0.340. The fourth-order valence-corrected chi connectivity index (χ4v) is 5.24. The lowest BCUT2D eigenvalue weighted by Crippen LogP contribution is -2.48. The number of rotatable bonds is 8. The number of benzene rings is 3. The van der Waals surface area contributed by atoms with Gasteiger partial charge in [-0.15, -0.1) is 0 Å². The van der Waals surface area contributed by atoms with Crippen LogP contribution in [-0.2, 0) is 13.1 Å². The van der Waals surface area contributed by atoms with Gasteiger partial charge in [-0.05, 0) is 48.9 Å². The van der Waals surface area contributed by atoms with Crippen LogP contribution in [0.3, 0.4) is 0 Å². The fraction of sp³-hybridized carbons (Fsp3) is 0.290. The average Bonchev–Trinajstić information content (AvgIpc) is 2.97. The summed E-state index contributed by atoms with van der Waals surface area (Å²) in [6.07, 6.45) is 0.992. The van der Waals surface area contributed by atoms with Gasteiger partial charge in [-0.25, -0.2) is 18.0 Å². The Morgan fingerprint density at radius 1 is 0.878 bits per heavy atom. The van der Waals surface area contributed by atoms with Gasteiger partial charge in [0.05, 0.1) is 13.1 Å². The molecule has 0 bridgehead atoms. The van der Waals surface area contributed by atoms with Crippen molar-refractivity contribution in [3.8, 4) is 5.75 Å². The van der Waals surface area contributed by atoms with E-state index in [1.54, 1.807) is 19.1 Å². The van der Waals surface area contributed by atoms with Crippen molar-refractivity contribution < 1.29 is 17.9 Å². The molecule has 10 heteroatoms. The molecule has 0 saturated carbocycles. The summed E-state index contributed by atoms with van der Waals surface area (Å²) in [5.41, 5.74) is 6.26. The highest BCUT2D eigenvalue weighted by Crippen LogP contribution is 2.25. The number of nitrogens with zero attached hydrogens (tertiary/aromatic N) is 3. The summed E-state index contributed by atoms with van der Waals surface area (Å²) in [6, 6.07) is 17.7. The number of aromatic nitrogens is 2. The Kier molecular flexibility index (Phi) is 8.30. The lowest BCUT2D eigenvalue weighted by molar-refractivity contribution is 0.170. The summed E-state index contributed by atoms with van der Waals surface area (Å²) >= 11 is 0. The zero-order valence-corrected chi connectivity index (χ0v) is 22.6. The first-order valence-electron chi connectivity index (χ1n) is 13.5. The number of hydrogen-bond acceptors (Lipinski definition) is 5. The second-order valence-corrected chi connectivity index (χ2v) is 10.2. The summed E-state index contributed by atoms with van der Waals surface area (Å²) < 4.78 is 50.8. The number of ether oxygens (including phenoxy) is 1. The van der Waals surface area contributed by atoms with Gasteiger partial charge in [0.15, 0.2) is 0 Å². The first-order chi connectivity index (χ1) is 19.7. The molecule has 41 heavy (non-hydrogen) atoms. The van der Waals surface area contributed by atoms with Crippen molar-refractivity contribution in [2.24, 2.45) is 5.73 Å². The molecule has 5 rings (SSSR count). The van der Waals surface area contributed by atoms with Crippen LogP contribution in [0.5, 0.6) is 5.75 Å². The van der Waals surface area contributed by atoms with Crippen LogP contribution >= 0.6 is 0 Å². The lowest BCUT2D eigenvalue weighted by atomic mass is 10.1. The number of piperidine rings is 1. The number of nitrogens with two attached hydrogens (primary N) is 1. The largest absolute Gasteiger partial charge is 0.490 e. The zero-order chi connectivity index (χ0) is 29.1. The summed E-state index contributed by atoms with van der Waals surface area (Å²) in [7, 11) is 0. The molecule has 4 aromatic rings. The van der Waals surface area contributed by atoms with Crippen LogP contribution in [0, 0.1) is 24.4 Å². The molecule has 7 nitrogen and oxygen atoms in total. The molecule has 1 aliphatic heterocycles. The maximum Gasteiger partial charge on any atom is 0.331 e. The minimum atomic E-state index is -0.782. The zero-order valence-electron chi connectivity index (χ0n) is 22.6. The molecule has 2 N–H and O–H groups in total. The number of anilines is 1. The van der Waals surface area contributed by atoms with E-state index in [4.69, 9.17) is 10.5 Å². The van der Waals surface area contributed by atoms with Crippen LogP contribution in [0.15, 0.2) is 82.4 Å². The second kappa shape index (κ2) is 12.1. The first kappa shape index (κ1) is 28.2. The van der Waals surface area contributed by atoms with Crippen molar-refractivity contribution in [3.63, 3.8) is 0 Å². The van der Waals surface area contributed by atoms with Crippen molar-refractivity contribution in [2.75, 3.05) is 18.0 Å². The molecule has 0 spiro atoms. The SMILES string of the molecule is Cc1c(N2CCC(Oc3ccc(F)cc3)CC2)c(=O)n(C[C@H](N)c2ccccc2)c(=O)n1Cc1c(F)cccc1F. The topological polar surface area (TPSA) is 82.5 Å². The molecular weight excluding hydrogens is 533 g/mol. The van der Waals surface area contributed by atoms with Crippen molar-refractivity contribution in [3.05, 3.63) is 128 Å². The highest BCUT2D eigenvalue weighted by Gasteiger charge is 2.28. The van der Waals surface area contributed by atoms with E-state index in [9.17, 15) is 22.8 Å². The van der Waals surface area contributed by atoms with Crippen molar-refractivity contribution in [1.29, 1.82) is 0 Å². The minimum Gasteiger partial charge on any atom is -0.490 e. The van der Waals surface area contributed by atoms with Crippen molar-refractivity contribution >= 4 is 5.69 Å². The van der Waals surface area contributed by atoms with E-state index in [1.807, 2.05) is 35.2 Å². The van der Waals surface area contributed by atoms with E-state index >= 15 is 0 Å². The van der Waals surface area contributed by atoms with Gasteiger partial charge in [-0.3, -0.25) is 13.9 Å². The molecule has 214 valence electrons. The molecule has 1 saturated heterocycles. The Bertz CT molecular complexity index is 1610. The maximum atomic E-state index is 14.6. The van der Waals surface area contributed by atoms with Gasteiger partial charge in [0.25, 0.3) is 5.56 Å². The van der Waals surface area contributed by atoms with E-state index in [0.717, 1.165) is 22.3 Å². The molecule has 1 atom stereocenters. The summed E-state index contributed by atoms with van der Waals surface area (Å²) in [4.78, 5) is 29.4. The van der Waals surface area contributed by atoms with E-state index in [0.29, 0.717) is 37.4 Å². The Morgan fingerprint density at radius 2 is 1.51 bits per heavy atom. The third kappa shape index (κ3) is 6.07. The van der Waals surface area contributed by atoms with E-state index in [1.165, 1.54) is 22.8 Å². The van der Waals surface area contributed by atoms with E-state index in [-0.39, 0.29) is 36.3 Å². The molecule has 1 aliphatic rings. The molecule has 0 amide bonds. The predicted molar refractivity (Wildman–Crippen MR) is 151 cm³/mol. The maximum absolute atomic E-state index is 14.6. The van der Waals surface area contributed by atoms with Gasteiger partial charge < -0.3 is 15.4 Å². The highest BCUT2D eigenvalue weighted by molar-refractivity contribution is 5.49. The standard InChI is InChI=1S/C31H31F3N4O3/c1-20-29(36-16-14-24(15-17-36)41-23-12-10-22(32)11-13-23)30(39)38(19-28(35)21-6-3-2-4-7-21)31(40)37(20)18-25-26(33)8-5-9-27(25)34/h2-13,24,28H,14-19,35H2,1H3/t28-/m0/s1. The monoisotopic (exact) mass is 564 g/mol. The van der Waals surface area contributed by atoms with Crippen LogP contribution in [-0.4, -0.2) is 28.3 Å². The first-order valence-corrected chi connectivity index (χ1v) is 13.5. The molecule has 0 aliphatic carbocycles. The summed E-state index contributed by atoms with van der Waals surface area (Å²) in [5.74, 6) is -1.36. The van der Waals surface area contributed by atoms with Crippen LogP contribution in [0.4, 0.5) is 18.9 Å². The van der Waals surface area contributed by atoms with Gasteiger partial charge in [0, 0.05) is 43.2 Å². The van der Waals surface area contributed by atoms with Crippen molar-refractivity contribution in [1.82, 2.24) is 9.13 Å². The molecule has 3 aromatic carbocycles. The molecule has 0 unspecified atom stereocenters. The summed E-state index contributed by atoms with van der Waals surface area (Å²) in [6.45, 7) is 2.00. The normalized spacial score (nSPS) is 14.7. The van der Waals surface area contributed by atoms with Crippen LogP contribution < -0.4 is 26.6 Å². The van der Waals surface area contributed by atoms with Crippen LogP contribution in [0.1, 0.15) is 35.7 Å². The number of halogens is 3. The third-order valence-electron chi connectivity index (χ3n) is 7.52. The molecule has 1 aromatic heterocycles. The third-order valence-corrected chi connectivity index (χ3v) is 7.52. The average molecular weight is 565 g/mol. The second-order valence-electron chi connectivity index (χ2n) is 10.2. The Hall–Kier alpha value is -4.31. The Labute approximate surface area is 235 Å². The van der Waals surface area contributed by atoms with Gasteiger partial charge in [-0.1, -0.05) is 36.4 Å². The van der Waals surface area contributed by atoms with E-state index < -0.39 is 28.9 Å².